The molecular formula is C13H30N2O. The van der Waals surface area contributed by atoms with Crippen molar-refractivity contribution in [2.24, 2.45) is 5.92 Å². The molecule has 0 aliphatic heterocycles. The summed E-state index contributed by atoms with van der Waals surface area (Å²) in [6.45, 7) is 11.8. The summed E-state index contributed by atoms with van der Waals surface area (Å²) < 4.78 is 5.23. The van der Waals surface area contributed by atoms with Crippen molar-refractivity contribution in [2.75, 3.05) is 33.9 Å². The van der Waals surface area contributed by atoms with Crippen LogP contribution in [-0.4, -0.2) is 50.8 Å². The van der Waals surface area contributed by atoms with E-state index in [1.807, 2.05) is 0 Å². The van der Waals surface area contributed by atoms with Crippen LogP contribution in [0, 0.1) is 5.92 Å². The van der Waals surface area contributed by atoms with E-state index in [2.05, 4.69) is 45.0 Å². The Kier molecular flexibility index (Phi) is 8.90. The lowest BCUT2D eigenvalue weighted by atomic mass is 10.0. The predicted octanol–water partition coefficient (Wildman–Crippen LogP) is 1.98. The van der Waals surface area contributed by atoms with Crippen molar-refractivity contribution in [2.45, 2.75) is 46.2 Å². The van der Waals surface area contributed by atoms with Gasteiger partial charge in [-0.1, -0.05) is 20.8 Å². The van der Waals surface area contributed by atoms with Crippen LogP contribution in [-0.2, 0) is 4.74 Å². The summed E-state index contributed by atoms with van der Waals surface area (Å²) in [5.74, 6) is 0.762. The van der Waals surface area contributed by atoms with Crippen molar-refractivity contribution in [3.63, 3.8) is 0 Å². The summed E-state index contributed by atoms with van der Waals surface area (Å²) >= 11 is 0. The predicted molar refractivity (Wildman–Crippen MR) is 70.9 cm³/mol. The quantitative estimate of drug-likeness (QED) is 0.655. The van der Waals surface area contributed by atoms with Crippen LogP contribution in [0.15, 0.2) is 0 Å². The smallest absolute Gasteiger partial charge is 0.0628 e. The number of hydrogen-bond acceptors (Lipinski definition) is 3. The molecule has 0 aliphatic rings. The zero-order valence-corrected chi connectivity index (χ0v) is 11.9. The molecule has 0 saturated carbocycles. The van der Waals surface area contributed by atoms with Gasteiger partial charge in [0.1, 0.15) is 0 Å². The van der Waals surface area contributed by atoms with E-state index in [4.69, 9.17) is 4.74 Å². The normalized spacial score (nSPS) is 15.8. The maximum absolute atomic E-state index is 5.23. The standard InChI is InChI=1S/C13H30N2O/c1-7-14-13(10-16-6)9-15(5)12(4)8-11(2)3/h11-14H,7-10H2,1-6H3. The monoisotopic (exact) mass is 230 g/mol. The van der Waals surface area contributed by atoms with Gasteiger partial charge in [0.15, 0.2) is 0 Å². The first-order chi connectivity index (χ1) is 7.51. The second kappa shape index (κ2) is 8.97. The lowest BCUT2D eigenvalue weighted by Gasteiger charge is -2.30. The van der Waals surface area contributed by atoms with Gasteiger partial charge in [-0.25, -0.2) is 0 Å². The van der Waals surface area contributed by atoms with Gasteiger partial charge in [0.05, 0.1) is 6.61 Å². The van der Waals surface area contributed by atoms with Gasteiger partial charge in [0.2, 0.25) is 0 Å². The molecule has 0 fully saturated rings. The Morgan fingerprint density at radius 3 is 2.31 bits per heavy atom. The maximum Gasteiger partial charge on any atom is 0.0628 e. The van der Waals surface area contributed by atoms with E-state index in [-0.39, 0.29) is 0 Å². The summed E-state index contributed by atoms with van der Waals surface area (Å²) in [6.07, 6.45) is 1.25. The molecule has 0 bridgehead atoms. The minimum atomic E-state index is 0.439. The van der Waals surface area contributed by atoms with E-state index in [1.54, 1.807) is 7.11 Å². The third kappa shape index (κ3) is 7.20. The number of methoxy groups -OCH3 is 1. The van der Waals surface area contributed by atoms with Gasteiger partial charge in [-0.05, 0) is 32.9 Å². The molecule has 3 heteroatoms. The van der Waals surface area contributed by atoms with Gasteiger partial charge >= 0.3 is 0 Å². The first-order valence-electron chi connectivity index (χ1n) is 6.43. The molecule has 0 aliphatic carbocycles. The van der Waals surface area contributed by atoms with E-state index in [0.29, 0.717) is 12.1 Å². The van der Waals surface area contributed by atoms with E-state index in [9.17, 15) is 0 Å². The van der Waals surface area contributed by atoms with Gasteiger partial charge in [-0.3, -0.25) is 0 Å². The Hall–Kier alpha value is -0.120. The van der Waals surface area contributed by atoms with Gasteiger partial charge < -0.3 is 15.0 Å². The zero-order valence-electron chi connectivity index (χ0n) is 11.9. The summed E-state index contributed by atoms with van der Waals surface area (Å²) in [7, 11) is 3.97. The molecule has 16 heavy (non-hydrogen) atoms. The molecule has 2 unspecified atom stereocenters. The van der Waals surface area contributed by atoms with Crippen LogP contribution in [0.3, 0.4) is 0 Å². The summed E-state index contributed by atoms with van der Waals surface area (Å²) in [4.78, 5) is 2.42. The van der Waals surface area contributed by atoms with Crippen LogP contribution in [0.1, 0.15) is 34.1 Å². The van der Waals surface area contributed by atoms with Gasteiger partial charge in [0, 0.05) is 25.7 Å². The van der Waals surface area contributed by atoms with Gasteiger partial charge in [-0.2, -0.15) is 0 Å². The summed E-state index contributed by atoms with van der Waals surface area (Å²) in [5, 5.41) is 3.46. The van der Waals surface area contributed by atoms with Crippen LogP contribution in [0.4, 0.5) is 0 Å². The number of likely N-dealkylation sites (N-methyl/N-ethyl adjacent to an activating group) is 2. The number of hydrogen-bond donors (Lipinski definition) is 1. The van der Waals surface area contributed by atoms with Crippen molar-refractivity contribution in [1.82, 2.24) is 10.2 Å². The molecule has 0 heterocycles. The minimum absolute atomic E-state index is 0.439. The van der Waals surface area contributed by atoms with Crippen molar-refractivity contribution in [3.8, 4) is 0 Å². The highest BCUT2D eigenvalue weighted by Gasteiger charge is 2.15. The molecule has 2 atom stereocenters. The van der Waals surface area contributed by atoms with Gasteiger partial charge in [0.25, 0.3) is 0 Å². The third-order valence-corrected chi connectivity index (χ3v) is 2.93. The molecule has 0 aromatic rings. The lowest BCUT2D eigenvalue weighted by Crippen LogP contribution is -2.45. The molecule has 0 saturated heterocycles. The Morgan fingerprint density at radius 1 is 1.25 bits per heavy atom. The highest BCUT2D eigenvalue weighted by molar-refractivity contribution is 4.73. The number of nitrogens with zero attached hydrogens (tertiary/aromatic N) is 1. The van der Waals surface area contributed by atoms with Crippen LogP contribution < -0.4 is 5.32 Å². The molecule has 0 radical (unpaired) electrons. The van der Waals surface area contributed by atoms with Crippen LogP contribution in [0.25, 0.3) is 0 Å². The summed E-state index contributed by atoms with van der Waals surface area (Å²) in [6, 6.07) is 1.08. The second-order valence-corrected chi connectivity index (χ2v) is 5.13. The first-order valence-corrected chi connectivity index (χ1v) is 6.43. The molecular weight excluding hydrogens is 200 g/mol. The molecule has 98 valence electrons. The lowest BCUT2D eigenvalue weighted by molar-refractivity contribution is 0.130. The zero-order chi connectivity index (χ0) is 12.6. The van der Waals surface area contributed by atoms with Crippen molar-refractivity contribution >= 4 is 0 Å². The fourth-order valence-electron chi connectivity index (χ4n) is 2.06. The van der Waals surface area contributed by atoms with Crippen molar-refractivity contribution < 1.29 is 4.74 Å². The molecule has 0 rings (SSSR count). The highest BCUT2D eigenvalue weighted by atomic mass is 16.5. The Labute approximate surface area is 102 Å². The van der Waals surface area contributed by atoms with Crippen LogP contribution in [0.5, 0.6) is 0 Å². The van der Waals surface area contributed by atoms with Gasteiger partial charge in [-0.15, -0.1) is 0 Å². The molecule has 0 aromatic heterocycles. The van der Waals surface area contributed by atoms with Crippen molar-refractivity contribution in [1.29, 1.82) is 0 Å². The van der Waals surface area contributed by atoms with Crippen LogP contribution in [0.2, 0.25) is 0 Å². The molecule has 0 amide bonds. The second-order valence-electron chi connectivity index (χ2n) is 5.13. The average Bonchev–Trinajstić information content (AvgIpc) is 2.17. The Balaban J connectivity index is 4.00. The Morgan fingerprint density at radius 2 is 1.88 bits per heavy atom. The summed E-state index contributed by atoms with van der Waals surface area (Å²) in [5.41, 5.74) is 0. The topological polar surface area (TPSA) is 24.5 Å². The minimum Gasteiger partial charge on any atom is -0.383 e. The largest absolute Gasteiger partial charge is 0.383 e. The molecule has 0 aromatic carbocycles. The molecule has 3 nitrogen and oxygen atoms in total. The fraction of sp³-hybridized carbons (Fsp3) is 1.00. The third-order valence-electron chi connectivity index (χ3n) is 2.93. The van der Waals surface area contributed by atoms with E-state index in [0.717, 1.165) is 25.6 Å². The van der Waals surface area contributed by atoms with Crippen LogP contribution >= 0.6 is 0 Å². The van der Waals surface area contributed by atoms with E-state index < -0.39 is 0 Å². The fourth-order valence-corrected chi connectivity index (χ4v) is 2.06. The number of rotatable bonds is 9. The average molecular weight is 230 g/mol. The van der Waals surface area contributed by atoms with E-state index in [1.165, 1.54) is 6.42 Å². The number of nitrogens with one attached hydrogen (secondary N) is 1. The molecule has 0 spiro atoms. The highest BCUT2D eigenvalue weighted by Crippen LogP contribution is 2.09. The SMILES string of the molecule is CCNC(COC)CN(C)C(C)CC(C)C. The Bertz CT molecular complexity index is 156. The van der Waals surface area contributed by atoms with Crippen molar-refractivity contribution in [3.05, 3.63) is 0 Å². The van der Waals surface area contributed by atoms with E-state index >= 15 is 0 Å². The molecule has 1 N–H and O–H groups in total. The maximum atomic E-state index is 5.23. The number of ether oxygens (including phenoxy) is 1. The first kappa shape index (κ1) is 15.9.